The summed E-state index contributed by atoms with van der Waals surface area (Å²) in [4.78, 5) is 25.3. The van der Waals surface area contributed by atoms with Crippen LogP contribution in [-0.4, -0.2) is 11.9 Å². The number of carbonyl (C=O) groups excluding carboxylic acids is 2. The molecule has 5 heteroatoms. The van der Waals surface area contributed by atoms with Crippen LogP contribution < -0.4 is 10.2 Å². The molecule has 0 saturated heterocycles. The number of hydrogen-bond donors (Lipinski definition) is 1. The van der Waals surface area contributed by atoms with E-state index >= 15 is 0 Å². The highest BCUT2D eigenvalue weighted by molar-refractivity contribution is 6.09. The van der Waals surface area contributed by atoms with Gasteiger partial charge in [0, 0.05) is 5.56 Å². The zero-order valence-corrected chi connectivity index (χ0v) is 14.4. The number of nitrogens with one attached hydrogen (secondary N) is 1. The van der Waals surface area contributed by atoms with Crippen molar-refractivity contribution < 1.29 is 9.59 Å². The quantitative estimate of drug-likeness (QED) is 0.671. The molecule has 0 heterocycles. The van der Waals surface area contributed by atoms with E-state index in [0.29, 0.717) is 11.3 Å². The lowest BCUT2D eigenvalue weighted by Crippen LogP contribution is -2.40. The van der Waals surface area contributed by atoms with Crippen molar-refractivity contribution in [3.8, 4) is 6.19 Å². The number of allylic oxidation sites excluding steroid dienone is 2. The topological polar surface area (TPSA) is 73.2 Å². The summed E-state index contributed by atoms with van der Waals surface area (Å²) in [6.07, 6.45) is 1.82. The number of urea groups is 1. The fraction of sp³-hybridized carbons (Fsp3) is 0.150. The van der Waals surface area contributed by atoms with Gasteiger partial charge in [-0.15, -0.1) is 0 Å². The summed E-state index contributed by atoms with van der Waals surface area (Å²) in [6, 6.07) is 14.7. The minimum absolute atomic E-state index is 0.350. The molecule has 0 aliphatic rings. The Morgan fingerprint density at radius 1 is 0.960 bits per heavy atom. The van der Waals surface area contributed by atoms with Gasteiger partial charge in [-0.1, -0.05) is 35.9 Å². The van der Waals surface area contributed by atoms with E-state index < -0.39 is 11.9 Å². The maximum Gasteiger partial charge on any atom is 0.342 e. The first kappa shape index (κ1) is 18.0. The monoisotopic (exact) mass is 333 g/mol. The van der Waals surface area contributed by atoms with Gasteiger partial charge < -0.3 is 0 Å². The summed E-state index contributed by atoms with van der Waals surface area (Å²) < 4.78 is 0. The molecule has 126 valence electrons. The Morgan fingerprint density at radius 2 is 1.60 bits per heavy atom. The fourth-order valence-electron chi connectivity index (χ4n) is 2.20. The third-order valence-electron chi connectivity index (χ3n) is 3.85. The Kier molecular flexibility index (Phi) is 5.70. The number of nitriles is 1. The Labute approximate surface area is 147 Å². The van der Waals surface area contributed by atoms with Crippen LogP contribution in [0.4, 0.5) is 10.5 Å². The molecule has 2 aromatic rings. The van der Waals surface area contributed by atoms with Crippen molar-refractivity contribution in [2.75, 3.05) is 4.90 Å². The second kappa shape index (κ2) is 7.93. The molecule has 25 heavy (non-hydrogen) atoms. The van der Waals surface area contributed by atoms with Gasteiger partial charge in [-0.3, -0.25) is 10.1 Å². The summed E-state index contributed by atoms with van der Waals surface area (Å²) in [5.41, 5.74) is 3.88. The molecule has 0 unspecified atom stereocenters. The summed E-state index contributed by atoms with van der Waals surface area (Å²) in [6.45, 7) is 5.97. The van der Waals surface area contributed by atoms with E-state index in [1.165, 1.54) is 0 Å². The standard InChI is InChI=1S/C20H19N3O2/c1-14(2)15(3)17-10-7-11-18(12-17)23(13-21)20(25)22-19(24)16-8-5-4-6-9-16/h4-12H,1-3H3,(H,22,24,25). The summed E-state index contributed by atoms with van der Waals surface area (Å²) in [5.74, 6) is -0.553. The first-order valence-electron chi connectivity index (χ1n) is 7.78. The van der Waals surface area contributed by atoms with E-state index in [2.05, 4.69) is 5.32 Å². The van der Waals surface area contributed by atoms with E-state index in [0.717, 1.165) is 21.6 Å². The van der Waals surface area contributed by atoms with Crippen LogP contribution in [-0.2, 0) is 0 Å². The van der Waals surface area contributed by atoms with Crippen LogP contribution in [0.5, 0.6) is 0 Å². The van der Waals surface area contributed by atoms with Crippen molar-refractivity contribution in [2.24, 2.45) is 0 Å². The van der Waals surface area contributed by atoms with Gasteiger partial charge >= 0.3 is 6.03 Å². The van der Waals surface area contributed by atoms with Crippen molar-refractivity contribution >= 4 is 23.2 Å². The Hall–Kier alpha value is -3.39. The van der Waals surface area contributed by atoms with Crippen molar-refractivity contribution in [3.05, 3.63) is 71.3 Å². The number of anilines is 1. The molecule has 0 aliphatic heterocycles. The van der Waals surface area contributed by atoms with E-state index in [4.69, 9.17) is 0 Å². The number of rotatable bonds is 3. The normalized spacial score (nSPS) is 9.68. The van der Waals surface area contributed by atoms with Crippen LogP contribution in [0.25, 0.3) is 5.57 Å². The number of nitrogens with zero attached hydrogens (tertiary/aromatic N) is 2. The van der Waals surface area contributed by atoms with E-state index in [1.54, 1.807) is 48.5 Å². The maximum atomic E-state index is 12.3. The fourth-order valence-corrected chi connectivity index (χ4v) is 2.20. The van der Waals surface area contributed by atoms with Crippen LogP contribution >= 0.6 is 0 Å². The molecule has 0 atom stereocenters. The number of imide groups is 1. The average Bonchev–Trinajstić information content (AvgIpc) is 2.62. The molecule has 2 aromatic carbocycles. The van der Waals surface area contributed by atoms with Crippen LogP contribution in [0.3, 0.4) is 0 Å². The lowest BCUT2D eigenvalue weighted by Gasteiger charge is -2.15. The summed E-state index contributed by atoms with van der Waals surface area (Å²) in [5, 5.41) is 11.6. The van der Waals surface area contributed by atoms with Gasteiger partial charge in [0.05, 0.1) is 5.69 Å². The molecule has 5 nitrogen and oxygen atoms in total. The van der Waals surface area contributed by atoms with Gasteiger partial charge in [0.2, 0.25) is 0 Å². The third kappa shape index (κ3) is 4.33. The van der Waals surface area contributed by atoms with Crippen molar-refractivity contribution in [2.45, 2.75) is 20.8 Å². The third-order valence-corrected chi connectivity index (χ3v) is 3.85. The smallest absolute Gasteiger partial charge is 0.273 e. The Morgan fingerprint density at radius 3 is 2.20 bits per heavy atom. The van der Waals surface area contributed by atoms with Gasteiger partial charge in [-0.2, -0.15) is 10.2 Å². The number of carbonyl (C=O) groups is 2. The second-order valence-electron chi connectivity index (χ2n) is 5.74. The highest BCUT2D eigenvalue weighted by atomic mass is 16.2. The van der Waals surface area contributed by atoms with Gasteiger partial charge in [0.1, 0.15) is 0 Å². The lowest BCUT2D eigenvalue weighted by molar-refractivity contribution is 0.0966. The summed E-state index contributed by atoms with van der Waals surface area (Å²) in [7, 11) is 0. The van der Waals surface area contributed by atoms with Crippen molar-refractivity contribution in [1.29, 1.82) is 5.26 Å². The molecular weight excluding hydrogens is 314 g/mol. The van der Waals surface area contributed by atoms with Gasteiger partial charge in [-0.25, -0.2) is 4.79 Å². The first-order chi connectivity index (χ1) is 11.9. The predicted octanol–water partition coefficient (Wildman–Crippen LogP) is 4.34. The van der Waals surface area contributed by atoms with E-state index in [1.807, 2.05) is 33.0 Å². The largest absolute Gasteiger partial charge is 0.342 e. The van der Waals surface area contributed by atoms with Crippen molar-refractivity contribution in [1.82, 2.24) is 5.32 Å². The number of benzene rings is 2. The lowest BCUT2D eigenvalue weighted by atomic mass is 10.0. The zero-order chi connectivity index (χ0) is 18.4. The van der Waals surface area contributed by atoms with Gasteiger partial charge in [-0.05, 0) is 56.2 Å². The molecule has 1 N–H and O–H groups in total. The highest BCUT2D eigenvalue weighted by Gasteiger charge is 2.19. The molecule has 0 radical (unpaired) electrons. The molecule has 0 bridgehead atoms. The first-order valence-corrected chi connectivity index (χ1v) is 7.78. The number of amides is 3. The molecule has 0 aromatic heterocycles. The molecule has 3 amide bonds. The minimum atomic E-state index is -0.789. The minimum Gasteiger partial charge on any atom is -0.273 e. The van der Waals surface area contributed by atoms with Crippen LogP contribution in [0, 0.1) is 11.5 Å². The summed E-state index contributed by atoms with van der Waals surface area (Å²) >= 11 is 0. The van der Waals surface area contributed by atoms with Gasteiger partial charge in [0.15, 0.2) is 6.19 Å². The van der Waals surface area contributed by atoms with Crippen LogP contribution in [0.15, 0.2) is 60.2 Å². The number of hydrogen-bond acceptors (Lipinski definition) is 3. The molecule has 0 saturated carbocycles. The zero-order valence-electron chi connectivity index (χ0n) is 14.4. The molecule has 0 aliphatic carbocycles. The van der Waals surface area contributed by atoms with E-state index in [-0.39, 0.29) is 0 Å². The van der Waals surface area contributed by atoms with Crippen LogP contribution in [0.2, 0.25) is 0 Å². The molecule has 2 rings (SSSR count). The van der Waals surface area contributed by atoms with E-state index in [9.17, 15) is 14.9 Å². The molecular formula is C20H19N3O2. The Balaban J connectivity index is 2.24. The van der Waals surface area contributed by atoms with Crippen LogP contribution in [0.1, 0.15) is 36.7 Å². The average molecular weight is 333 g/mol. The maximum absolute atomic E-state index is 12.3. The Bertz CT molecular complexity index is 860. The van der Waals surface area contributed by atoms with Gasteiger partial charge in [0.25, 0.3) is 5.91 Å². The highest BCUT2D eigenvalue weighted by Crippen LogP contribution is 2.23. The molecule has 0 spiro atoms. The molecule has 0 fully saturated rings. The predicted molar refractivity (Wildman–Crippen MR) is 97.8 cm³/mol. The second-order valence-corrected chi connectivity index (χ2v) is 5.74. The SMILES string of the molecule is CC(C)=C(C)c1cccc(N(C#N)C(=O)NC(=O)c2ccccc2)c1. The van der Waals surface area contributed by atoms with Crippen molar-refractivity contribution in [3.63, 3.8) is 0 Å².